The minimum Gasteiger partial charge on any atom is -0.375 e. The maximum atomic E-state index is 2.71. The summed E-state index contributed by atoms with van der Waals surface area (Å²) in [5, 5.41) is 5.44. The molecule has 3 aliphatic rings. The third-order valence-corrected chi connectivity index (χ3v) is 10.8. The lowest BCUT2D eigenvalue weighted by Gasteiger charge is -2.37. The first-order chi connectivity index (χ1) is 21.1. The average Bonchev–Trinajstić information content (AvgIpc) is 3.54. The summed E-state index contributed by atoms with van der Waals surface area (Å²) in [4.78, 5) is 0. The third-order valence-electron chi connectivity index (χ3n) is 10.8. The van der Waals surface area contributed by atoms with Crippen LogP contribution in [0.25, 0.3) is 65.9 Å². The highest BCUT2D eigenvalue weighted by molar-refractivity contribution is 6.92. The van der Waals surface area contributed by atoms with Crippen LogP contribution in [0.3, 0.4) is 0 Å². The molecule has 0 atom stereocenters. The third kappa shape index (κ3) is 2.42. The Morgan fingerprint density at radius 1 is 0.465 bits per heavy atom. The van der Waals surface area contributed by atoms with E-state index >= 15 is 0 Å². The minimum atomic E-state index is 0.0999. The molecule has 8 aromatic rings. The lowest BCUT2D eigenvalue weighted by molar-refractivity contribution is 1.28. The second kappa shape index (κ2) is 7.33. The number of hydrogen-bond donors (Lipinski definition) is 0. The molecule has 0 spiro atoms. The number of rotatable bonds is 1. The maximum absolute atomic E-state index is 2.71. The van der Waals surface area contributed by atoms with Crippen molar-refractivity contribution in [3.63, 3.8) is 0 Å². The van der Waals surface area contributed by atoms with Crippen molar-refractivity contribution in [1.29, 1.82) is 0 Å². The zero-order valence-corrected chi connectivity index (χ0v) is 24.4. The number of hydrogen-bond acceptors (Lipinski definition) is 0. The van der Waals surface area contributed by atoms with Crippen LogP contribution in [0.5, 0.6) is 0 Å². The van der Waals surface area contributed by atoms with Gasteiger partial charge in [0, 0.05) is 60.3 Å². The smallest absolute Gasteiger partial charge is 0.329 e. The van der Waals surface area contributed by atoms with Crippen molar-refractivity contribution in [2.24, 2.45) is 0 Å². The molecule has 0 N–H and O–H groups in total. The number of aromatic nitrogens is 2. The molecule has 0 radical (unpaired) electrons. The molecule has 43 heavy (non-hydrogen) atoms. The molecule has 0 saturated carbocycles. The van der Waals surface area contributed by atoms with E-state index in [0.29, 0.717) is 0 Å². The van der Waals surface area contributed by atoms with Crippen LogP contribution >= 0.6 is 0 Å². The Morgan fingerprint density at radius 3 is 1.88 bits per heavy atom. The maximum Gasteiger partial charge on any atom is 0.329 e. The van der Waals surface area contributed by atoms with Crippen molar-refractivity contribution in [2.45, 2.75) is 20.8 Å². The number of para-hydroxylation sites is 2. The molecule has 198 valence electrons. The molecular formula is C39H26B2N2. The van der Waals surface area contributed by atoms with E-state index in [0.717, 1.165) is 0 Å². The summed E-state index contributed by atoms with van der Waals surface area (Å²) in [6, 6.07) is 39.6. The van der Waals surface area contributed by atoms with Gasteiger partial charge in [0.25, 0.3) is 0 Å². The molecule has 6 aromatic carbocycles. The van der Waals surface area contributed by atoms with Crippen molar-refractivity contribution in [3.8, 4) is 22.3 Å². The van der Waals surface area contributed by atoms with Crippen LogP contribution in [0.4, 0.5) is 0 Å². The summed E-state index contributed by atoms with van der Waals surface area (Å²) >= 11 is 0. The highest BCUT2D eigenvalue weighted by atomic mass is 15.0. The van der Waals surface area contributed by atoms with Gasteiger partial charge in [0.2, 0.25) is 0 Å². The van der Waals surface area contributed by atoms with E-state index in [1.165, 1.54) is 104 Å². The van der Waals surface area contributed by atoms with E-state index in [1.807, 2.05) is 0 Å². The lowest BCUT2D eigenvalue weighted by atomic mass is 9.41. The summed E-state index contributed by atoms with van der Waals surface area (Å²) in [5.41, 5.74) is 20.8. The molecule has 0 bridgehead atoms. The molecular weight excluding hydrogens is 518 g/mol. The Morgan fingerprint density at radius 2 is 1.07 bits per heavy atom. The standard InChI is InChI=1S/C39H26B2N2/c1-21-19-22(2)36(23(3)20-21)41-32-18-16-29-27-12-8-11-26-24-9-4-6-13-30(24)40-31-17-15-28-25-10-5-7-14-33(25)42(41)38(28)34(31)35(32)39(29)43(40)37(26)27/h4-20H,1-3H3. The van der Waals surface area contributed by atoms with E-state index in [9.17, 15) is 0 Å². The summed E-state index contributed by atoms with van der Waals surface area (Å²) in [7, 11) is 0. The molecule has 0 saturated heterocycles. The van der Waals surface area contributed by atoms with Gasteiger partial charge in [-0.25, -0.2) is 0 Å². The fourth-order valence-electron chi connectivity index (χ4n) is 9.51. The van der Waals surface area contributed by atoms with E-state index in [2.05, 4.69) is 133 Å². The van der Waals surface area contributed by atoms with E-state index in [1.54, 1.807) is 0 Å². The zero-order valence-electron chi connectivity index (χ0n) is 24.4. The lowest BCUT2D eigenvalue weighted by Crippen LogP contribution is -2.58. The largest absolute Gasteiger partial charge is 0.375 e. The summed E-state index contributed by atoms with van der Waals surface area (Å²) in [6.45, 7) is 7.09. The van der Waals surface area contributed by atoms with Gasteiger partial charge in [-0.15, -0.1) is 0 Å². The van der Waals surface area contributed by atoms with Gasteiger partial charge >= 0.3 is 13.7 Å². The molecule has 5 heterocycles. The first kappa shape index (κ1) is 22.6. The van der Waals surface area contributed by atoms with Gasteiger partial charge in [0.1, 0.15) is 0 Å². The average molecular weight is 544 g/mol. The summed E-state index contributed by atoms with van der Waals surface area (Å²) in [5.74, 6) is 0. The molecule has 2 nitrogen and oxygen atoms in total. The van der Waals surface area contributed by atoms with Crippen LogP contribution in [0.1, 0.15) is 16.7 Å². The predicted molar refractivity (Wildman–Crippen MR) is 185 cm³/mol. The van der Waals surface area contributed by atoms with Gasteiger partial charge in [-0.2, -0.15) is 0 Å². The van der Waals surface area contributed by atoms with Crippen molar-refractivity contribution >= 4 is 79.2 Å². The normalized spacial score (nSPS) is 13.8. The van der Waals surface area contributed by atoms with Gasteiger partial charge in [-0.1, -0.05) is 114 Å². The first-order valence-corrected chi connectivity index (χ1v) is 15.4. The van der Waals surface area contributed by atoms with Crippen molar-refractivity contribution < 1.29 is 0 Å². The summed E-state index contributed by atoms with van der Waals surface area (Å²) < 4.78 is 5.40. The number of nitrogens with zero attached hydrogens (tertiary/aromatic N) is 2. The Labute approximate surface area is 250 Å². The van der Waals surface area contributed by atoms with Crippen molar-refractivity contribution in [3.05, 3.63) is 120 Å². The molecule has 2 aromatic heterocycles. The molecule has 3 aliphatic heterocycles. The quantitative estimate of drug-likeness (QED) is 0.212. The van der Waals surface area contributed by atoms with Gasteiger partial charge in [-0.3, -0.25) is 0 Å². The predicted octanol–water partition coefficient (Wildman–Crippen LogP) is 6.41. The van der Waals surface area contributed by atoms with E-state index in [4.69, 9.17) is 0 Å². The Balaban J connectivity index is 1.44. The number of fused-ring (bicyclic) bond motifs is 8. The Bertz CT molecular complexity index is 2590. The second-order valence-corrected chi connectivity index (χ2v) is 13.0. The first-order valence-electron chi connectivity index (χ1n) is 15.4. The fourth-order valence-corrected chi connectivity index (χ4v) is 9.51. The molecule has 11 rings (SSSR count). The zero-order chi connectivity index (χ0) is 28.3. The van der Waals surface area contributed by atoms with Gasteiger partial charge in [-0.05, 0) is 54.3 Å². The monoisotopic (exact) mass is 544 g/mol. The fraction of sp³-hybridized carbons (Fsp3) is 0.0769. The van der Waals surface area contributed by atoms with Gasteiger partial charge in [0.05, 0.1) is 0 Å². The van der Waals surface area contributed by atoms with Crippen LogP contribution in [0.2, 0.25) is 0 Å². The van der Waals surface area contributed by atoms with Crippen LogP contribution < -0.4 is 21.9 Å². The number of aryl methyl sites for hydroxylation is 3. The van der Waals surface area contributed by atoms with Crippen LogP contribution in [0.15, 0.2) is 103 Å². The molecule has 0 amide bonds. The second-order valence-electron chi connectivity index (χ2n) is 13.0. The SMILES string of the molecule is Cc1cc(C)c(B2c3ccc4c5cccc6c5n5c4c3-c3c(ccc4c7ccccc7n2c34)B5c2ccccc2-6)c(C)c1. The molecule has 0 aliphatic carbocycles. The molecule has 4 heteroatoms. The van der Waals surface area contributed by atoms with E-state index in [-0.39, 0.29) is 13.7 Å². The van der Waals surface area contributed by atoms with Gasteiger partial charge in [0.15, 0.2) is 0 Å². The highest BCUT2D eigenvalue weighted by Gasteiger charge is 2.45. The van der Waals surface area contributed by atoms with Crippen molar-refractivity contribution in [2.75, 3.05) is 0 Å². The number of benzene rings is 6. The topological polar surface area (TPSA) is 9.86 Å². The Kier molecular flexibility index (Phi) is 3.86. The molecule has 0 unspecified atom stereocenters. The van der Waals surface area contributed by atoms with Crippen LogP contribution in [0, 0.1) is 20.8 Å². The van der Waals surface area contributed by atoms with Gasteiger partial charge < -0.3 is 8.96 Å². The summed E-state index contributed by atoms with van der Waals surface area (Å²) in [6.07, 6.45) is 0. The Hall–Kier alpha value is -4.95. The molecule has 0 fully saturated rings. The minimum absolute atomic E-state index is 0.0999. The highest BCUT2D eigenvalue weighted by Crippen LogP contribution is 2.47. The van der Waals surface area contributed by atoms with Crippen LogP contribution in [-0.4, -0.2) is 22.7 Å². The van der Waals surface area contributed by atoms with Crippen LogP contribution in [-0.2, 0) is 0 Å². The van der Waals surface area contributed by atoms with Crippen molar-refractivity contribution in [1.82, 2.24) is 8.96 Å². The van der Waals surface area contributed by atoms with E-state index < -0.39 is 0 Å².